The van der Waals surface area contributed by atoms with Gasteiger partial charge in [0, 0.05) is 18.7 Å². The fraction of sp³-hybridized carbons (Fsp3) is 0.333. The van der Waals surface area contributed by atoms with Crippen molar-refractivity contribution in [1.29, 1.82) is 0 Å². The Kier molecular flexibility index (Phi) is 5.45. The normalized spacial score (nSPS) is 23.6. The van der Waals surface area contributed by atoms with Crippen LogP contribution >= 0.6 is 0 Å². The summed E-state index contributed by atoms with van der Waals surface area (Å²) in [5.74, 6) is 0. The van der Waals surface area contributed by atoms with Crippen molar-refractivity contribution in [3.8, 4) is 0 Å². The fourth-order valence-electron chi connectivity index (χ4n) is 1.89. The van der Waals surface area contributed by atoms with Gasteiger partial charge in [-0.25, -0.2) is 23.6 Å². The number of likely N-dealkylation sites (N-methyl/N-ethyl adjacent to an activating group) is 1. The van der Waals surface area contributed by atoms with Crippen LogP contribution in [0.1, 0.15) is 12.5 Å². The zero-order valence-electron chi connectivity index (χ0n) is 11.0. The van der Waals surface area contributed by atoms with Gasteiger partial charge in [-0.3, -0.25) is 0 Å². The number of rotatable bonds is 1. The Morgan fingerprint density at radius 1 is 1.11 bits per heavy atom. The molecule has 6 nitrogen and oxygen atoms in total. The van der Waals surface area contributed by atoms with Crippen molar-refractivity contribution >= 4 is 5.70 Å². The summed E-state index contributed by atoms with van der Waals surface area (Å²) in [5, 5.41) is 3.67. The van der Waals surface area contributed by atoms with Gasteiger partial charge in [-0.2, -0.15) is 0 Å². The lowest BCUT2D eigenvalue weighted by atomic mass is 10.1. The maximum absolute atomic E-state index is 8.49. The van der Waals surface area contributed by atoms with E-state index in [2.05, 4.69) is 62.4 Å². The summed E-state index contributed by atoms with van der Waals surface area (Å²) in [6.45, 7) is 2.22. The highest BCUT2D eigenvalue weighted by Gasteiger charge is 2.29. The van der Waals surface area contributed by atoms with E-state index in [9.17, 15) is 0 Å². The minimum absolute atomic E-state index is 0.519. The molecule has 7 heteroatoms. The van der Waals surface area contributed by atoms with Gasteiger partial charge in [0.2, 0.25) is 0 Å². The molecule has 1 heterocycles. The Bertz CT molecular complexity index is 427. The Morgan fingerprint density at radius 2 is 1.58 bits per heavy atom. The van der Waals surface area contributed by atoms with E-state index in [1.54, 1.807) is 0 Å². The van der Waals surface area contributed by atoms with E-state index in [1.165, 1.54) is 16.3 Å². The van der Waals surface area contributed by atoms with Crippen molar-refractivity contribution in [2.45, 2.75) is 13.0 Å². The summed E-state index contributed by atoms with van der Waals surface area (Å²) in [7, 11) is -0.616. The smallest absolute Gasteiger partial charge is 0.155 e. The summed E-state index contributed by atoms with van der Waals surface area (Å²) < 4.78 is 34.0. The lowest BCUT2D eigenvalue weighted by Crippen LogP contribution is -3.11. The molecule has 1 aliphatic rings. The van der Waals surface area contributed by atoms with E-state index in [-0.39, 0.29) is 0 Å². The maximum atomic E-state index is 8.49. The molecule has 0 radical (unpaired) electrons. The monoisotopic (exact) mass is 288 g/mol. The standard InChI is InChI=1S/C12H16N2.ClHO4/c1-10-9-12(14(3)13(10)2)11-7-5-4-6-8-11;2-1(3,4)5/h4-10H,1-3H3;(H,2,3,4,5). The van der Waals surface area contributed by atoms with Crippen molar-refractivity contribution in [2.24, 2.45) is 0 Å². The van der Waals surface area contributed by atoms with Crippen LogP contribution in [0.3, 0.4) is 0 Å². The molecular weight excluding hydrogens is 272 g/mol. The predicted octanol–water partition coefficient (Wildman–Crippen LogP) is -3.96. The summed E-state index contributed by atoms with van der Waals surface area (Å²) in [6, 6.07) is 11.1. The quantitative estimate of drug-likeness (QED) is 0.568. The predicted molar refractivity (Wildman–Crippen MR) is 58.5 cm³/mol. The number of nitrogens with zero attached hydrogens (tertiary/aromatic N) is 1. The van der Waals surface area contributed by atoms with E-state index in [0.717, 1.165) is 0 Å². The van der Waals surface area contributed by atoms with E-state index < -0.39 is 10.2 Å². The maximum Gasteiger partial charge on any atom is 0.155 e. The molecule has 1 aromatic rings. The van der Waals surface area contributed by atoms with Crippen LogP contribution in [-0.2, 0) is 0 Å². The molecule has 19 heavy (non-hydrogen) atoms. The molecule has 0 saturated carbocycles. The number of benzene rings is 1. The van der Waals surface area contributed by atoms with Crippen LogP contribution in [0.25, 0.3) is 5.70 Å². The molecule has 2 atom stereocenters. The number of quaternary nitrogens is 1. The van der Waals surface area contributed by atoms with Gasteiger partial charge in [0.05, 0.1) is 13.1 Å². The molecule has 2 rings (SSSR count). The summed E-state index contributed by atoms with van der Waals surface area (Å²) in [5.41, 5.74) is 2.70. The molecule has 106 valence electrons. The van der Waals surface area contributed by atoms with Gasteiger partial charge in [0.25, 0.3) is 0 Å². The van der Waals surface area contributed by atoms with E-state index in [4.69, 9.17) is 18.6 Å². The Morgan fingerprint density at radius 3 is 1.95 bits per heavy atom. The van der Waals surface area contributed by atoms with Gasteiger partial charge in [-0.05, 0) is 19.1 Å². The third kappa shape index (κ3) is 5.25. The molecule has 2 unspecified atom stereocenters. The summed E-state index contributed by atoms with van der Waals surface area (Å²) >= 11 is 0. The Hall–Kier alpha value is -0.990. The Balaban J connectivity index is 0.000000312. The van der Waals surface area contributed by atoms with Crippen LogP contribution < -0.4 is 23.6 Å². The van der Waals surface area contributed by atoms with Crippen LogP contribution in [0, 0.1) is 10.2 Å². The first-order valence-electron chi connectivity index (χ1n) is 5.66. The van der Waals surface area contributed by atoms with Crippen molar-refractivity contribution in [3.63, 3.8) is 0 Å². The zero-order chi connectivity index (χ0) is 14.6. The second-order valence-corrected chi connectivity index (χ2v) is 5.02. The molecule has 0 saturated heterocycles. The van der Waals surface area contributed by atoms with Gasteiger partial charge in [0.15, 0.2) is 5.70 Å². The molecule has 1 aliphatic heterocycles. The molecule has 0 aliphatic carbocycles. The molecule has 1 N–H and O–H groups in total. The van der Waals surface area contributed by atoms with Gasteiger partial charge in [-0.1, -0.05) is 18.2 Å². The van der Waals surface area contributed by atoms with Crippen LogP contribution in [0.5, 0.6) is 0 Å². The first kappa shape index (κ1) is 16.1. The van der Waals surface area contributed by atoms with Crippen molar-refractivity contribution in [3.05, 3.63) is 42.0 Å². The van der Waals surface area contributed by atoms with Crippen molar-refractivity contribution in [2.75, 3.05) is 14.1 Å². The van der Waals surface area contributed by atoms with Crippen LogP contribution in [0.4, 0.5) is 0 Å². The van der Waals surface area contributed by atoms with Gasteiger partial charge >= 0.3 is 0 Å². The zero-order valence-corrected chi connectivity index (χ0v) is 11.8. The molecule has 0 bridgehead atoms. The average Bonchev–Trinajstić information content (AvgIpc) is 2.56. The van der Waals surface area contributed by atoms with Crippen molar-refractivity contribution < 1.29 is 33.9 Å². The molecule has 0 fully saturated rings. The number of hydrogen-bond acceptors (Lipinski definition) is 5. The second-order valence-electron chi connectivity index (χ2n) is 4.26. The molecule has 0 aromatic heterocycles. The topological polar surface area (TPSA) is 99.9 Å². The minimum atomic E-state index is -4.94. The lowest BCUT2D eigenvalue weighted by molar-refractivity contribution is -2.00. The fourth-order valence-corrected chi connectivity index (χ4v) is 1.89. The van der Waals surface area contributed by atoms with E-state index in [1.807, 2.05) is 0 Å². The first-order valence-corrected chi connectivity index (χ1v) is 6.89. The minimum Gasteiger partial charge on any atom is -0.225 e. The number of halogens is 1. The first-order chi connectivity index (χ1) is 8.70. The largest absolute Gasteiger partial charge is 0.225 e. The number of hydrogen-bond donors (Lipinski definition) is 1. The highest BCUT2D eigenvalue weighted by atomic mass is 35.7. The Labute approximate surface area is 114 Å². The highest BCUT2D eigenvalue weighted by Crippen LogP contribution is 2.13. The van der Waals surface area contributed by atoms with E-state index >= 15 is 0 Å². The van der Waals surface area contributed by atoms with Crippen LogP contribution in [0.2, 0.25) is 0 Å². The second kappa shape index (κ2) is 6.44. The van der Waals surface area contributed by atoms with Gasteiger partial charge < -0.3 is 0 Å². The van der Waals surface area contributed by atoms with Crippen LogP contribution in [0.15, 0.2) is 36.4 Å². The molecule has 1 aromatic carbocycles. The van der Waals surface area contributed by atoms with Crippen LogP contribution in [-0.4, -0.2) is 25.1 Å². The third-order valence-electron chi connectivity index (χ3n) is 3.02. The molecule has 0 amide bonds. The highest BCUT2D eigenvalue weighted by molar-refractivity contribution is 5.59. The third-order valence-corrected chi connectivity index (χ3v) is 3.02. The molecular formula is C12H17ClN2O4. The number of nitrogens with one attached hydrogen (secondary N) is 1. The van der Waals surface area contributed by atoms with Gasteiger partial charge in [-0.15, -0.1) is 15.3 Å². The van der Waals surface area contributed by atoms with Crippen molar-refractivity contribution in [1.82, 2.24) is 5.01 Å². The van der Waals surface area contributed by atoms with E-state index in [0.29, 0.717) is 6.04 Å². The van der Waals surface area contributed by atoms with Gasteiger partial charge in [0.1, 0.15) is 0 Å². The summed E-state index contributed by atoms with van der Waals surface area (Å²) in [6.07, 6.45) is 2.32. The SMILES string of the molecule is CC1C=C(c2ccccc2)[NH+](C)N1C.[O-][Cl+3]([O-])([O-])[O-]. The summed E-state index contributed by atoms with van der Waals surface area (Å²) in [4.78, 5) is 0. The lowest BCUT2D eigenvalue weighted by Gasteiger charge is -2.20. The molecule has 0 spiro atoms. The average molecular weight is 289 g/mol.